The standard InChI is InChI=1S/C30H51BrO4/c1-3-5-7-9-13-17-21-33-28-24-27(30(32)35-23-19-15-11-12-16-20-31)25-29(26-28)34-22-18-14-10-8-6-4-2/h24-26H,3-23H2,1-2H3. The molecule has 1 aromatic carbocycles. The number of carbonyl (C=O) groups is 1. The summed E-state index contributed by atoms with van der Waals surface area (Å²) in [5.74, 6) is 1.10. The predicted molar refractivity (Wildman–Crippen MR) is 151 cm³/mol. The van der Waals surface area contributed by atoms with Gasteiger partial charge in [0, 0.05) is 11.4 Å². The highest BCUT2D eigenvalue weighted by atomic mass is 79.9. The lowest BCUT2D eigenvalue weighted by Crippen LogP contribution is -2.08. The molecule has 0 fully saturated rings. The van der Waals surface area contributed by atoms with Gasteiger partial charge in [0.15, 0.2) is 0 Å². The summed E-state index contributed by atoms with van der Waals surface area (Å²) in [5.41, 5.74) is 0.516. The first-order chi connectivity index (χ1) is 17.2. The zero-order valence-corrected chi connectivity index (χ0v) is 24.2. The number of hydrogen-bond acceptors (Lipinski definition) is 4. The van der Waals surface area contributed by atoms with Crippen molar-refractivity contribution < 1.29 is 19.0 Å². The Morgan fingerprint density at radius 2 is 1.03 bits per heavy atom. The molecule has 5 heteroatoms. The SMILES string of the molecule is CCCCCCCCOc1cc(OCCCCCCCC)cc(C(=O)OCCCCCCCBr)c1. The average Bonchev–Trinajstić information content (AvgIpc) is 2.87. The van der Waals surface area contributed by atoms with E-state index in [0.717, 1.165) is 31.0 Å². The van der Waals surface area contributed by atoms with Gasteiger partial charge in [0.2, 0.25) is 0 Å². The normalized spacial score (nSPS) is 10.9. The van der Waals surface area contributed by atoms with Crippen LogP contribution in [0.25, 0.3) is 0 Å². The Morgan fingerprint density at radius 1 is 0.600 bits per heavy atom. The van der Waals surface area contributed by atoms with Crippen molar-refractivity contribution in [1.82, 2.24) is 0 Å². The highest BCUT2D eigenvalue weighted by molar-refractivity contribution is 9.09. The van der Waals surface area contributed by atoms with Crippen molar-refractivity contribution in [2.45, 2.75) is 123 Å². The van der Waals surface area contributed by atoms with E-state index in [1.54, 1.807) is 12.1 Å². The number of hydrogen-bond donors (Lipinski definition) is 0. The Bertz CT molecular complexity index is 599. The van der Waals surface area contributed by atoms with Gasteiger partial charge in [0.1, 0.15) is 11.5 Å². The van der Waals surface area contributed by atoms with Gasteiger partial charge in [0.25, 0.3) is 0 Å². The molecule has 0 aromatic heterocycles. The fraction of sp³-hybridized carbons (Fsp3) is 0.767. The molecule has 0 radical (unpaired) electrons. The molecule has 1 rings (SSSR count). The third-order valence-electron chi connectivity index (χ3n) is 6.16. The largest absolute Gasteiger partial charge is 0.493 e. The van der Waals surface area contributed by atoms with Crippen LogP contribution in [-0.4, -0.2) is 31.1 Å². The Kier molecular flexibility index (Phi) is 21.1. The molecule has 0 heterocycles. The fourth-order valence-corrected chi connectivity index (χ4v) is 4.37. The lowest BCUT2D eigenvalue weighted by Gasteiger charge is -2.13. The van der Waals surface area contributed by atoms with Gasteiger partial charge in [-0.3, -0.25) is 0 Å². The first-order valence-electron chi connectivity index (χ1n) is 14.3. The van der Waals surface area contributed by atoms with Gasteiger partial charge < -0.3 is 14.2 Å². The maximum Gasteiger partial charge on any atom is 0.338 e. The maximum atomic E-state index is 12.7. The Hall–Kier alpha value is -1.23. The molecule has 0 aliphatic heterocycles. The molecule has 0 N–H and O–H groups in total. The van der Waals surface area contributed by atoms with Crippen LogP contribution in [0.15, 0.2) is 18.2 Å². The summed E-state index contributed by atoms with van der Waals surface area (Å²) in [5, 5.41) is 1.06. The predicted octanol–water partition coefficient (Wildman–Crippen LogP) is 9.67. The average molecular weight is 556 g/mol. The minimum atomic E-state index is -0.292. The van der Waals surface area contributed by atoms with Gasteiger partial charge in [-0.05, 0) is 37.8 Å². The van der Waals surface area contributed by atoms with E-state index in [2.05, 4.69) is 29.8 Å². The molecule has 0 saturated heterocycles. The molecule has 0 spiro atoms. The molecule has 4 nitrogen and oxygen atoms in total. The van der Waals surface area contributed by atoms with Crippen LogP contribution in [-0.2, 0) is 4.74 Å². The molecule has 202 valence electrons. The second-order valence-electron chi connectivity index (χ2n) is 9.52. The van der Waals surface area contributed by atoms with Crippen LogP contribution in [0.2, 0.25) is 0 Å². The molecule has 1 aromatic rings. The fourth-order valence-electron chi connectivity index (χ4n) is 3.98. The lowest BCUT2D eigenvalue weighted by molar-refractivity contribution is 0.0496. The Balaban J connectivity index is 2.53. The molecule has 0 amide bonds. The van der Waals surface area contributed by atoms with Crippen molar-refractivity contribution in [3.8, 4) is 11.5 Å². The van der Waals surface area contributed by atoms with Crippen LogP contribution >= 0.6 is 15.9 Å². The summed E-state index contributed by atoms with van der Waals surface area (Å²) in [6.07, 6.45) is 20.3. The Labute approximate surface area is 224 Å². The zero-order chi connectivity index (χ0) is 25.4. The van der Waals surface area contributed by atoms with Crippen LogP contribution in [0, 0.1) is 0 Å². The van der Waals surface area contributed by atoms with Crippen LogP contribution in [0.1, 0.15) is 133 Å². The third-order valence-corrected chi connectivity index (χ3v) is 6.72. The lowest BCUT2D eigenvalue weighted by atomic mass is 10.1. The van der Waals surface area contributed by atoms with Crippen molar-refractivity contribution in [3.63, 3.8) is 0 Å². The topological polar surface area (TPSA) is 44.8 Å². The molecule has 0 aliphatic rings. The highest BCUT2D eigenvalue weighted by Crippen LogP contribution is 2.25. The number of alkyl halides is 1. The summed E-state index contributed by atoms with van der Waals surface area (Å²) in [7, 11) is 0. The van der Waals surface area contributed by atoms with Crippen molar-refractivity contribution >= 4 is 21.9 Å². The molecule has 0 unspecified atom stereocenters. The molecule has 0 atom stereocenters. The minimum Gasteiger partial charge on any atom is -0.493 e. The van der Waals surface area contributed by atoms with E-state index in [0.29, 0.717) is 36.9 Å². The van der Waals surface area contributed by atoms with E-state index < -0.39 is 0 Å². The van der Waals surface area contributed by atoms with Gasteiger partial charge in [-0.15, -0.1) is 0 Å². The molecular weight excluding hydrogens is 504 g/mol. The van der Waals surface area contributed by atoms with E-state index in [1.165, 1.54) is 83.5 Å². The van der Waals surface area contributed by atoms with E-state index in [-0.39, 0.29) is 5.97 Å². The highest BCUT2D eigenvalue weighted by Gasteiger charge is 2.12. The van der Waals surface area contributed by atoms with Crippen molar-refractivity contribution in [1.29, 1.82) is 0 Å². The Morgan fingerprint density at radius 3 is 1.51 bits per heavy atom. The van der Waals surface area contributed by atoms with Crippen molar-refractivity contribution in [2.24, 2.45) is 0 Å². The smallest absolute Gasteiger partial charge is 0.338 e. The number of carbonyl (C=O) groups excluding carboxylic acids is 1. The quantitative estimate of drug-likeness (QED) is 0.0724. The van der Waals surface area contributed by atoms with Gasteiger partial charge >= 0.3 is 5.97 Å². The monoisotopic (exact) mass is 554 g/mol. The second-order valence-corrected chi connectivity index (χ2v) is 10.3. The second kappa shape index (κ2) is 23.2. The summed E-state index contributed by atoms with van der Waals surface area (Å²) in [6, 6.07) is 5.51. The zero-order valence-electron chi connectivity index (χ0n) is 22.6. The van der Waals surface area contributed by atoms with Crippen LogP contribution < -0.4 is 9.47 Å². The first-order valence-corrected chi connectivity index (χ1v) is 15.5. The summed E-state index contributed by atoms with van der Waals surface area (Å²) >= 11 is 3.46. The summed E-state index contributed by atoms with van der Waals surface area (Å²) in [4.78, 5) is 12.7. The molecule has 0 bridgehead atoms. The van der Waals surface area contributed by atoms with Crippen LogP contribution in [0.4, 0.5) is 0 Å². The molecular formula is C30H51BrO4. The number of halogens is 1. The van der Waals surface area contributed by atoms with Gasteiger partial charge in [0.05, 0.1) is 25.4 Å². The number of rotatable bonds is 24. The number of benzene rings is 1. The number of ether oxygens (including phenoxy) is 3. The van der Waals surface area contributed by atoms with Gasteiger partial charge in [-0.25, -0.2) is 4.79 Å². The van der Waals surface area contributed by atoms with E-state index >= 15 is 0 Å². The first kappa shape index (κ1) is 31.8. The van der Waals surface area contributed by atoms with Crippen molar-refractivity contribution in [3.05, 3.63) is 23.8 Å². The summed E-state index contributed by atoms with van der Waals surface area (Å²) in [6.45, 7) is 6.26. The van der Waals surface area contributed by atoms with Crippen LogP contribution in [0.3, 0.4) is 0 Å². The van der Waals surface area contributed by atoms with Gasteiger partial charge in [-0.1, -0.05) is 113 Å². The number of esters is 1. The van der Waals surface area contributed by atoms with Crippen LogP contribution in [0.5, 0.6) is 11.5 Å². The molecule has 0 saturated carbocycles. The van der Waals surface area contributed by atoms with Crippen molar-refractivity contribution in [2.75, 3.05) is 25.2 Å². The summed E-state index contributed by atoms with van der Waals surface area (Å²) < 4.78 is 17.6. The minimum absolute atomic E-state index is 0.292. The van der Waals surface area contributed by atoms with E-state index in [9.17, 15) is 4.79 Å². The van der Waals surface area contributed by atoms with Gasteiger partial charge in [-0.2, -0.15) is 0 Å². The van der Waals surface area contributed by atoms with E-state index in [4.69, 9.17) is 14.2 Å². The maximum absolute atomic E-state index is 12.7. The third kappa shape index (κ3) is 17.8. The molecule has 35 heavy (non-hydrogen) atoms. The molecule has 0 aliphatic carbocycles. The number of unbranched alkanes of at least 4 members (excludes halogenated alkanes) is 14. The van der Waals surface area contributed by atoms with E-state index in [1.807, 2.05) is 6.07 Å².